The molecule has 1 aromatic rings. The molecule has 0 aromatic heterocycles. The summed E-state index contributed by atoms with van der Waals surface area (Å²) in [4.78, 5) is 12.0. The summed E-state index contributed by atoms with van der Waals surface area (Å²) in [6.45, 7) is 2.94. The van der Waals surface area contributed by atoms with Crippen molar-refractivity contribution in [3.8, 4) is 5.75 Å². The maximum atomic E-state index is 12.0. The van der Waals surface area contributed by atoms with Crippen molar-refractivity contribution in [2.45, 2.75) is 26.2 Å². The lowest BCUT2D eigenvalue weighted by Gasteiger charge is -2.38. The van der Waals surface area contributed by atoms with E-state index in [9.17, 15) is 4.79 Å². The Labute approximate surface area is 108 Å². The van der Waals surface area contributed by atoms with Crippen molar-refractivity contribution < 1.29 is 9.53 Å². The van der Waals surface area contributed by atoms with Gasteiger partial charge in [-0.15, -0.1) is 0 Å². The van der Waals surface area contributed by atoms with Gasteiger partial charge in [0.1, 0.15) is 5.75 Å². The molecular formula is C14H20N2O2. The highest BCUT2D eigenvalue weighted by atomic mass is 16.5. The molecule has 1 saturated carbocycles. The van der Waals surface area contributed by atoms with Crippen molar-refractivity contribution >= 4 is 11.6 Å². The zero-order valence-electron chi connectivity index (χ0n) is 11.0. The summed E-state index contributed by atoms with van der Waals surface area (Å²) >= 11 is 0. The molecule has 1 aromatic carbocycles. The van der Waals surface area contributed by atoms with Crippen LogP contribution in [0.5, 0.6) is 5.75 Å². The molecule has 0 radical (unpaired) electrons. The lowest BCUT2D eigenvalue weighted by Crippen LogP contribution is -2.39. The normalized spacial score (nSPS) is 16.8. The largest absolute Gasteiger partial charge is 0.495 e. The minimum atomic E-state index is -0.0718. The van der Waals surface area contributed by atoms with Gasteiger partial charge in [-0.1, -0.05) is 13.3 Å². The van der Waals surface area contributed by atoms with E-state index >= 15 is 0 Å². The molecule has 0 spiro atoms. The van der Waals surface area contributed by atoms with Gasteiger partial charge in [0.15, 0.2) is 0 Å². The number of anilines is 1. The third-order valence-corrected chi connectivity index (χ3v) is 3.73. The number of nitrogen functional groups attached to an aromatic ring is 1. The molecule has 3 N–H and O–H groups in total. The Morgan fingerprint density at radius 1 is 1.50 bits per heavy atom. The summed E-state index contributed by atoms with van der Waals surface area (Å²) in [6, 6.07) is 5.10. The van der Waals surface area contributed by atoms with E-state index in [0.717, 1.165) is 6.54 Å². The standard InChI is InChI=1S/C14H20N2O2/c1-14(6-3-7-14)9-16-13(17)10-4-5-12(18-2)11(15)8-10/h4-5,8H,3,6-7,9,15H2,1-2H3,(H,16,17). The number of benzene rings is 1. The number of amides is 1. The number of nitrogens with one attached hydrogen (secondary N) is 1. The quantitative estimate of drug-likeness (QED) is 0.803. The molecule has 1 aliphatic carbocycles. The van der Waals surface area contributed by atoms with E-state index in [1.54, 1.807) is 25.3 Å². The topological polar surface area (TPSA) is 64.3 Å². The molecule has 1 aliphatic rings. The van der Waals surface area contributed by atoms with Gasteiger partial charge in [0.05, 0.1) is 12.8 Å². The van der Waals surface area contributed by atoms with Crippen LogP contribution in [0.2, 0.25) is 0 Å². The second kappa shape index (κ2) is 4.88. The fraction of sp³-hybridized carbons (Fsp3) is 0.500. The molecule has 0 atom stereocenters. The Kier molecular flexibility index (Phi) is 3.45. The molecule has 1 amide bonds. The third kappa shape index (κ3) is 2.58. The van der Waals surface area contributed by atoms with Crippen LogP contribution in [-0.4, -0.2) is 19.6 Å². The fourth-order valence-corrected chi connectivity index (χ4v) is 2.23. The minimum Gasteiger partial charge on any atom is -0.495 e. The molecule has 0 heterocycles. The molecule has 0 saturated heterocycles. The summed E-state index contributed by atoms with van der Waals surface area (Å²) in [6.07, 6.45) is 3.65. The SMILES string of the molecule is COc1ccc(C(=O)NCC2(C)CCC2)cc1N. The number of hydrogen-bond donors (Lipinski definition) is 2. The van der Waals surface area contributed by atoms with Crippen LogP contribution in [-0.2, 0) is 0 Å². The number of carbonyl (C=O) groups excluding carboxylic acids is 1. The van der Waals surface area contributed by atoms with E-state index in [-0.39, 0.29) is 11.3 Å². The average Bonchev–Trinajstić information content (AvgIpc) is 2.33. The molecule has 4 nitrogen and oxygen atoms in total. The van der Waals surface area contributed by atoms with Gasteiger partial charge < -0.3 is 15.8 Å². The molecule has 0 aliphatic heterocycles. The maximum absolute atomic E-state index is 12.0. The summed E-state index contributed by atoms with van der Waals surface area (Å²) in [5, 5.41) is 2.97. The highest BCUT2D eigenvalue weighted by molar-refractivity contribution is 5.95. The monoisotopic (exact) mass is 248 g/mol. The first-order valence-electron chi connectivity index (χ1n) is 6.26. The Bertz CT molecular complexity index is 453. The smallest absolute Gasteiger partial charge is 0.251 e. The van der Waals surface area contributed by atoms with E-state index in [2.05, 4.69) is 12.2 Å². The van der Waals surface area contributed by atoms with Crippen LogP contribution in [0.15, 0.2) is 18.2 Å². The van der Waals surface area contributed by atoms with Crippen molar-refractivity contribution in [3.63, 3.8) is 0 Å². The number of hydrogen-bond acceptors (Lipinski definition) is 3. The van der Waals surface area contributed by atoms with Crippen molar-refractivity contribution in [2.75, 3.05) is 19.4 Å². The second-order valence-electron chi connectivity index (χ2n) is 5.30. The summed E-state index contributed by atoms with van der Waals surface area (Å²) in [5.41, 5.74) is 7.14. The minimum absolute atomic E-state index is 0.0718. The van der Waals surface area contributed by atoms with Gasteiger partial charge in [0.25, 0.3) is 5.91 Å². The van der Waals surface area contributed by atoms with E-state index in [0.29, 0.717) is 17.0 Å². The highest BCUT2D eigenvalue weighted by Crippen LogP contribution is 2.39. The molecule has 0 unspecified atom stereocenters. The number of nitrogens with two attached hydrogens (primary N) is 1. The van der Waals surface area contributed by atoms with E-state index < -0.39 is 0 Å². The van der Waals surface area contributed by atoms with Gasteiger partial charge >= 0.3 is 0 Å². The van der Waals surface area contributed by atoms with Crippen LogP contribution in [0.25, 0.3) is 0 Å². The van der Waals surface area contributed by atoms with E-state index in [1.807, 2.05) is 0 Å². The molecule has 18 heavy (non-hydrogen) atoms. The van der Waals surface area contributed by atoms with Crippen molar-refractivity contribution in [1.29, 1.82) is 0 Å². The van der Waals surface area contributed by atoms with E-state index in [4.69, 9.17) is 10.5 Å². The number of carbonyl (C=O) groups is 1. The Morgan fingerprint density at radius 3 is 2.72 bits per heavy atom. The number of methoxy groups -OCH3 is 1. The number of rotatable bonds is 4. The fourth-order valence-electron chi connectivity index (χ4n) is 2.23. The van der Waals surface area contributed by atoms with Gasteiger partial charge in [-0.05, 0) is 36.5 Å². The van der Waals surface area contributed by atoms with Crippen molar-refractivity contribution in [1.82, 2.24) is 5.32 Å². The predicted octanol–water partition coefficient (Wildman–Crippen LogP) is 2.20. The van der Waals surface area contributed by atoms with Gasteiger partial charge in [-0.3, -0.25) is 4.79 Å². The van der Waals surface area contributed by atoms with Crippen LogP contribution in [0.1, 0.15) is 36.5 Å². The van der Waals surface area contributed by atoms with Crippen LogP contribution in [0, 0.1) is 5.41 Å². The number of ether oxygens (including phenoxy) is 1. The Morgan fingerprint density at radius 2 is 2.22 bits per heavy atom. The third-order valence-electron chi connectivity index (χ3n) is 3.73. The lowest BCUT2D eigenvalue weighted by molar-refractivity contribution is 0.0891. The summed E-state index contributed by atoms with van der Waals surface area (Å²) < 4.78 is 5.06. The van der Waals surface area contributed by atoms with Crippen LogP contribution < -0.4 is 15.8 Å². The zero-order valence-corrected chi connectivity index (χ0v) is 11.0. The van der Waals surface area contributed by atoms with Gasteiger partial charge in [0, 0.05) is 12.1 Å². The molecule has 98 valence electrons. The lowest BCUT2D eigenvalue weighted by atomic mass is 9.70. The first-order chi connectivity index (χ1) is 8.54. The van der Waals surface area contributed by atoms with Crippen molar-refractivity contribution in [3.05, 3.63) is 23.8 Å². The predicted molar refractivity (Wildman–Crippen MR) is 71.7 cm³/mol. The van der Waals surface area contributed by atoms with Gasteiger partial charge in [-0.25, -0.2) is 0 Å². The first-order valence-corrected chi connectivity index (χ1v) is 6.26. The zero-order chi connectivity index (χ0) is 13.2. The average molecular weight is 248 g/mol. The van der Waals surface area contributed by atoms with Gasteiger partial charge in [-0.2, -0.15) is 0 Å². The second-order valence-corrected chi connectivity index (χ2v) is 5.30. The molecular weight excluding hydrogens is 228 g/mol. The van der Waals surface area contributed by atoms with Crippen LogP contribution in [0.4, 0.5) is 5.69 Å². The van der Waals surface area contributed by atoms with Crippen LogP contribution in [0.3, 0.4) is 0 Å². The maximum Gasteiger partial charge on any atom is 0.251 e. The van der Waals surface area contributed by atoms with Crippen LogP contribution >= 0.6 is 0 Å². The molecule has 0 bridgehead atoms. The van der Waals surface area contributed by atoms with Gasteiger partial charge in [0.2, 0.25) is 0 Å². The Balaban J connectivity index is 1.98. The Hall–Kier alpha value is -1.71. The highest BCUT2D eigenvalue weighted by Gasteiger charge is 2.31. The first kappa shape index (κ1) is 12.7. The summed E-state index contributed by atoms with van der Waals surface area (Å²) in [7, 11) is 1.56. The molecule has 2 rings (SSSR count). The van der Waals surface area contributed by atoms with Crippen molar-refractivity contribution in [2.24, 2.45) is 5.41 Å². The molecule has 1 fully saturated rings. The molecule has 4 heteroatoms. The summed E-state index contributed by atoms with van der Waals surface area (Å²) in [5.74, 6) is 0.523. The van der Waals surface area contributed by atoms with E-state index in [1.165, 1.54) is 19.3 Å².